The standard InChI is InChI=1S/C15H16ClN3OS/c16-10-3-4-12-11(7-10)15(20)19-9-21-8-13(19)14(17-12)18-5-1-2-6-18/h3-4,7,13H,1-2,5-6,8-9H2. The summed E-state index contributed by atoms with van der Waals surface area (Å²) in [7, 11) is 0. The molecule has 2 saturated heterocycles. The third-order valence-electron chi connectivity index (χ3n) is 4.30. The van der Waals surface area contributed by atoms with Crippen molar-refractivity contribution in [2.24, 2.45) is 4.99 Å². The molecule has 0 bridgehead atoms. The molecule has 2 fully saturated rings. The number of halogens is 1. The largest absolute Gasteiger partial charge is 0.358 e. The number of amides is 1. The van der Waals surface area contributed by atoms with Crippen molar-refractivity contribution in [1.29, 1.82) is 0 Å². The lowest BCUT2D eigenvalue weighted by molar-refractivity contribution is 0.0778. The Morgan fingerprint density at radius 2 is 2.10 bits per heavy atom. The zero-order valence-electron chi connectivity index (χ0n) is 11.6. The molecule has 21 heavy (non-hydrogen) atoms. The number of carbonyl (C=O) groups excluding carboxylic acids is 1. The molecule has 1 amide bonds. The molecular formula is C15H16ClN3OS. The fraction of sp³-hybridized carbons (Fsp3) is 0.467. The fourth-order valence-electron chi connectivity index (χ4n) is 3.21. The average Bonchev–Trinajstić information content (AvgIpc) is 3.15. The first-order valence-corrected chi connectivity index (χ1v) is 8.79. The molecule has 3 heterocycles. The lowest BCUT2D eigenvalue weighted by Gasteiger charge is -2.28. The number of fused-ring (bicyclic) bond motifs is 2. The maximum absolute atomic E-state index is 12.8. The molecule has 0 saturated carbocycles. The van der Waals surface area contributed by atoms with Crippen LogP contribution in [0.4, 0.5) is 5.69 Å². The summed E-state index contributed by atoms with van der Waals surface area (Å²) in [6.07, 6.45) is 2.42. The van der Waals surface area contributed by atoms with E-state index in [0.717, 1.165) is 36.2 Å². The summed E-state index contributed by atoms with van der Waals surface area (Å²) in [5.41, 5.74) is 1.38. The Morgan fingerprint density at radius 3 is 2.90 bits per heavy atom. The number of hydrogen-bond acceptors (Lipinski definition) is 4. The highest BCUT2D eigenvalue weighted by molar-refractivity contribution is 7.99. The molecule has 3 aliphatic heterocycles. The Hall–Kier alpha value is -1.20. The first kappa shape index (κ1) is 13.5. The number of aliphatic imine (C=N–C) groups is 1. The predicted molar refractivity (Wildman–Crippen MR) is 86.6 cm³/mol. The molecule has 110 valence electrons. The minimum Gasteiger partial charge on any atom is -0.358 e. The lowest BCUT2D eigenvalue weighted by atomic mass is 10.1. The minimum atomic E-state index is 0.0560. The zero-order chi connectivity index (χ0) is 14.4. The van der Waals surface area contributed by atoms with Crippen molar-refractivity contribution in [3.63, 3.8) is 0 Å². The zero-order valence-corrected chi connectivity index (χ0v) is 13.2. The van der Waals surface area contributed by atoms with E-state index in [1.54, 1.807) is 17.8 Å². The van der Waals surface area contributed by atoms with Crippen LogP contribution in [0.1, 0.15) is 23.2 Å². The Labute approximate surface area is 133 Å². The number of amidine groups is 1. The summed E-state index contributed by atoms with van der Waals surface area (Å²) in [6, 6.07) is 5.52. The number of likely N-dealkylation sites (tertiary alicyclic amines) is 1. The van der Waals surface area contributed by atoms with Gasteiger partial charge in [0.1, 0.15) is 5.84 Å². The Kier molecular flexibility index (Phi) is 3.34. The second-order valence-electron chi connectivity index (χ2n) is 5.62. The van der Waals surface area contributed by atoms with Gasteiger partial charge in [0.15, 0.2) is 0 Å². The Balaban J connectivity index is 1.84. The molecule has 3 aliphatic rings. The number of hydrogen-bond donors (Lipinski definition) is 0. The summed E-state index contributed by atoms with van der Waals surface area (Å²) in [5.74, 6) is 2.79. The van der Waals surface area contributed by atoms with Gasteiger partial charge in [-0.1, -0.05) is 11.6 Å². The summed E-state index contributed by atoms with van der Waals surface area (Å²) >= 11 is 7.87. The monoisotopic (exact) mass is 321 g/mol. The van der Waals surface area contributed by atoms with Gasteiger partial charge in [-0.05, 0) is 31.0 Å². The van der Waals surface area contributed by atoms with Crippen LogP contribution in [0, 0.1) is 0 Å². The van der Waals surface area contributed by atoms with Crippen molar-refractivity contribution < 1.29 is 4.79 Å². The molecule has 1 aromatic carbocycles. The van der Waals surface area contributed by atoms with Crippen molar-refractivity contribution in [3.05, 3.63) is 28.8 Å². The molecule has 1 aromatic rings. The van der Waals surface area contributed by atoms with Crippen LogP contribution in [0.5, 0.6) is 0 Å². The molecule has 6 heteroatoms. The second kappa shape index (κ2) is 5.21. The van der Waals surface area contributed by atoms with E-state index in [9.17, 15) is 4.79 Å². The third kappa shape index (κ3) is 2.23. The van der Waals surface area contributed by atoms with E-state index in [0.29, 0.717) is 10.6 Å². The summed E-state index contributed by atoms with van der Waals surface area (Å²) in [4.78, 5) is 22.0. The summed E-state index contributed by atoms with van der Waals surface area (Å²) < 4.78 is 0. The van der Waals surface area contributed by atoms with E-state index >= 15 is 0 Å². The van der Waals surface area contributed by atoms with E-state index in [2.05, 4.69) is 4.90 Å². The Morgan fingerprint density at radius 1 is 1.29 bits per heavy atom. The maximum atomic E-state index is 12.8. The average molecular weight is 322 g/mol. The van der Waals surface area contributed by atoms with Crippen LogP contribution in [0.3, 0.4) is 0 Å². The molecule has 0 aromatic heterocycles. The topological polar surface area (TPSA) is 35.9 Å². The van der Waals surface area contributed by atoms with Crippen LogP contribution in [-0.4, -0.2) is 52.3 Å². The van der Waals surface area contributed by atoms with Gasteiger partial charge >= 0.3 is 0 Å². The molecule has 4 rings (SSSR count). The van der Waals surface area contributed by atoms with Gasteiger partial charge in [-0.2, -0.15) is 0 Å². The molecule has 0 radical (unpaired) electrons. The molecule has 4 nitrogen and oxygen atoms in total. The molecule has 1 atom stereocenters. The van der Waals surface area contributed by atoms with Crippen LogP contribution < -0.4 is 0 Å². The number of benzene rings is 1. The van der Waals surface area contributed by atoms with Gasteiger partial charge in [0, 0.05) is 23.9 Å². The molecule has 0 spiro atoms. The van der Waals surface area contributed by atoms with Gasteiger partial charge in [0.25, 0.3) is 5.91 Å². The minimum absolute atomic E-state index is 0.0560. The normalized spacial score (nSPS) is 24.7. The second-order valence-corrected chi connectivity index (χ2v) is 7.05. The highest BCUT2D eigenvalue weighted by atomic mass is 35.5. The van der Waals surface area contributed by atoms with Gasteiger partial charge in [-0.3, -0.25) is 4.79 Å². The molecule has 0 aliphatic carbocycles. The van der Waals surface area contributed by atoms with E-state index in [1.807, 2.05) is 17.0 Å². The van der Waals surface area contributed by atoms with Crippen molar-refractivity contribution in [1.82, 2.24) is 9.80 Å². The third-order valence-corrected chi connectivity index (χ3v) is 5.54. The van der Waals surface area contributed by atoms with Crippen molar-refractivity contribution >= 4 is 40.8 Å². The highest BCUT2D eigenvalue weighted by Crippen LogP contribution is 2.34. The van der Waals surface area contributed by atoms with E-state index in [4.69, 9.17) is 16.6 Å². The highest BCUT2D eigenvalue weighted by Gasteiger charge is 2.39. The lowest BCUT2D eigenvalue weighted by Crippen LogP contribution is -2.47. The van der Waals surface area contributed by atoms with Crippen molar-refractivity contribution in [3.8, 4) is 0 Å². The SMILES string of the molecule is O=C1c2cc(Cl)ccc2N=C(N2CCCC2)C2CSCN12. The molecule has 1 unspecified atom stereocenters. The molecule has 0 N–H and O–H groups in total. The van der Waals surface area contributed by atoms with Gasteiger partial charge in [-0.15, -0.1) is 11.8 Å². The quantitative estimate of drug-likeness (QED) is 0.737. The maximum Gasteiger partial charge on any atom is 0.257 e. The van der Waals surface area contributed by atoms with Gasteiger partial charge < -0.3 is 9.80 Å². The smallest absolute Gasteiger partial charge is 0.257 e. The van der Waals surface area contributed by atoms with E-state index in [1.165, 1.54) is 12.8 Å². The van der Waals surface area contributed by atoms with E-state index < -0.39 is 0 Å². The van der Waals surface area contributed by atoms with Gasteiger partial charge in [0.2, 0.25) is 0 Å². The Bertz CT molecular complexity index is 627. The summed E-state index contributed by atoms with van der Waals surface area (Å²) in [5, 5.41) is 0.588. The van der Waals surface area contributed by atoms with Gasteiger partial charge in [0.05, 0.1) is 23.2 Å². The van der Waals surface area contributed by atoms with Crippen LogP contribution in [-0.2, 0) is 0 Å². The fourth-order valence-corrected chi connectivity index (χ4v) is 4.54. The number of rotatable bonds is 0. The van der Waals surface area contributed by atoms with Crippen molar-refractivity contribution in [2.45, 2.75) is 18.9 Å². The first-order chi connectivity index (χ1) is 10.2. The van der Waals surface area contributed by atoms with E-state index in [-0.39, 0.29) is 11.9 Å². The summed E-state index contributed by atoms with van der Waals surface area (Å²) in [6.45, 7) is 2.09. The molecular weight excluding hydrogens is 306 g/mol. The predicted octanol–water partition coefficient (Wildman–Crippen LogP) is 2.99. The number of carbonyl (C=O) groups is 1. The van der Waals surface area contributed by atoms with Crippen LogP contribution in [0.25, 0.3) is 0 Å². The van der Waals surface area contributed by atoms with Crippen LogP contribution in [0.2, 0.25) is 5.02 Å². The number of thioether (sulfide) groups is 1. The number of nitrogens with zero attached hydrogens (tertiary/aromatic N) is 3. The van der Waals surface area contributed by atoms with Crippen LogP contribution in [0.15, 0.2) is 23.2 Å². The van der Waals surface area contributed by atoms with Crippen molar-refractivity contribution in [2.75, 3.05) is 24.7 Å². The van der Waals surface area contributed by atoms with Gasteiger partial charge in [-0.25, -0.2) is 4.99 Å². The first-order valence-electron chi connectivity index (χ1n) is 7.26. The van der Waals surface area contributed by atoms with Crippen LogP contribution >= 0.6 is 23.4 Å².